The molecule has 4 saturated carbocycles. The number of hydrogen-bond donors (Lipinski definition) is 5. The minimum absolute atomic E-state index is 0.0398. The number of rotatable bonds is 12. The van der Waals surface area contributed by atoms with Crippen LogP contribution in [0.25, 0.3) is 0 Å². The fourth-order valence-electron chi connectivity index (χ4n) is 11.4. The van der Waals surface area contributed by atoms with Gasteiger partial charge in [0.15, 0.2) is 0 Å². The van der Waals surface area contributed by atoms with Crippen molar-refractivity contribution in [2.75, 3.05) is 32.7 Å². The fraction of sp³-hybridized carbons (Fsp3) is 0.878. The van der Waals surface area contributed by atoms with Gasteiger partial charge in [0.05, 0.1) is 6.04 Å². The van der Waals surface area contributed by atoms with E-state index in [0.29, 0.717) is 25.3 Å². The summed E-state index contributed by atoms with van der Waals surface area (Å²) in [5.41, 5.74) is 4.52. The van der Waals surface area contributed by atoms with Crippen LogP contribution in [0.3, 0.4) is 0 Å². The first-order valence-electron chi connectivity index (χ1n) is 20.8. The van der Waals surface area contributed by atoms with Gasteiger partial charge >= 0.3 is 6.03 Å². The number of likely N-dealkylation sites (tertiary alicyclic amines) is 1. The minimum atomic E-state index is -1.06. The van der Waals surface area contributed by atoms with Crippen molar-refractivity contribution < 1.29 is 24.0 Å². The van der Waals surface area contributed by atoms with Crippen molar-refractivity contribution in [3.8, 4) is 0 Å². The summed E-state index contributed by atoms with van der Waals surface area (Å²) in [7, 11) is 0. The highest BCUT2D eigenvalue weighted by molar-refractivity contribution is 6.37. The second kappa shape index (κ2) is 14.7. The fourth-order valence-corrected chi connectivity index (χ4v) is 11.4. The third-order valence-electron chi connectivity index (χ3n) is 15.4. The SMILES string of the molecule is CC(C)(C)[C@@H](NC(=O)N[C@H](CN1CCNCC1(C)C)C1CCCCC1)C(=O)N1CC2(C[C@H]1C(=O)NC(CC1CCC1)C(=O)C(N)=O)C(C)(C)C21CCC1. The van der Waals surface area contributed by atoms with Crippen LogP contribution in [0.5, 0.6) is 0 Å². The molecule has 12 heteroatoms. The summed E-state index contributed by atoms with van der Waals surface area (Å²) in [4.78, 5) is 72.7. The Morgan fingerprint density at radius 3 is 2.08 bits per heavy atom. The Bertz CT molecular complexity index is 1430. The molecule has 2 unspecified atom stereocenters. The number of amides is 5. The third kappa shape index (κ3) is 7.36. The van der Waals surface area contributed by atoms with E-state index >= 15 is 0 Å². The Morgan fingerprint density at radius 1 is 0.868 bits per heavy atom. The predicted molar refractivity (Wildman–Crippen MR) is 205 cm³/mol. The van der Waals surface area contributed by atoms with Crippen LogP contribution in [-0.4, -0.2) is 102 Å². The Kier molecular flexibility index (Phi) is 11.1. The smallest absolute Gasteiger partial charge is 0.315 e. The average Bonchev–Trinajstić information content (AvgIpc) is 3.26. The quantitative estimate of drug-likeness (QED) is 0.190. The van der Waals surface area contributed by atoms with Crippen LogP contribution in [0.15, 0.2) is 0 Å². The number of Topliss-reactive ketones (excluding diaryl/α,β-unsaturated/α-hetero) is 1. The zero-order chi connectivity index (χ0) is 38.6. The first-order chi connectivity index (χ1) is 24.8. The van der Waals surface area contributed by atoms with Crippen molar-refractivity contribution in [1.29, 1.82) is 0 Å². The van der Waals surface area contributed by atoms with E-state index in [1.165, 1.54) is 6.42 Å². The Morgan fingerprint density at radius 2 is 1.55 bits per heavy atom. The molecule has 2 aliphatic heterocycles. The van der Waals surface area contributed by atoms with Crippen molar-refractivity contribution >= 4 is 29.5 Å². The van der Waals surface area contributed by atoms with Crippen LogP contribution < -0.4 is 27.0 Å². The summed E-state index contributed by atoms with van der Waals surface area (Å²) in [6.07, 6.45) is 12.8. The number of ketones is 1. The van der Waals surface area contributed by atoms with Gasteiger partial charge in [-0.05, 0) is 80.5 Å². The molecule has 12 nitrogen and oxygen atoms in total. The number of fused-ring (bicyclic) bond motifs is 1. The lowest BCUT2D eigenvalue weighted by molar-refractivity contribution is -0.143. The molecule has 298 valence electrons. The second-order valence-corrected chi connectivity index (χ2v) is 20.0. The van der Waals surface area contributed by atoms with Gasteiger partial charge in [0.2, 0.25) is 17.6 Å². The van der Waals surface area contributed by atoms with Crippen molar-refractivity contribution in [3.63, 3.8) is 0 Å². The summed E-state index contributed by atoms with van der Waals surface area (Å²) in [5.74, 6) is -1.93. The zero-order valence-electron chi connectivity index (χ0n) is 33.7. The number of nitrogens with two attached hydrogens (primary N) is 1. The van der Waals surface area contributed by atoms with Crippen LogP contribution in [0.1, 0.15) is 132 Å². The first-order valence-corrected chi connectivity index (χ1v) is 20.8. The molecule has 6 N–H and O–H groups in total. The average molecular weight is 740 g/mol. The standard InChI is InChI=1S/C41H69N7O5/c1-37(2,3)32(46-36(53)45-29(27-15-9-8-10-16-27)23-47-20-19-43-24-38(47,4)5)35(52)48-25-41(39(6,7)40(41)17-12-18-40)22-30(48)34(51)44-28(31(49)33(42)50)21-26-13-11-14-26/h26-30,32,43H,8-25H2,1-7H3,(H2,42,50)(H,44,51)(H2,45,46,53)/t28?,29-,30+,32+,41?/m1/s1. The van der Waals surface area contributed by atoms with Crippen LogP contribution in [0.4, 0.5) is 4.79 Å². The molecule has 6 fully saturated rings. The van der Waals surface area contributed by atoms with Gasteiger partial charge in [-0.2, -0.15) is 0 Å². The van der Waals surface area contributed by atoms with Gasteiger partial charge in [-0.3, -0.25) is 24.1 Å². The molecule has 0 aromatic carbocycles. The molecule has 6 aliphatic rings. The number of nitrogens with one attached hydrogen (secondary N) is 4. The van der Waals surface area contributed by atoms with Crippen LogP contribution in [0, 0.1) is 33.5 Å². The molecule has 0 aromatic heterocycles. The third-order valence-corrected chi connectivity index (χ3v) is 15.4. The molecule has 5 amide bonds. The lowest BCUT2D eigenvalue weighted by Crippen LogP contribution is -2.64. The van der Waals surface area contributed by atoms with E-state index in [2.05, 4.69) is 53.9 Å². The van der Waals surface area contributed by atoms with Gasteiger partial charge in [0, 0.05) is 49.7 Å². The summed E-state index contributed by atoms with van der Waals surface area (Å²) >= 11 is 0. The van der Waals surface area contributed by atoms with Gasteiger partial charge in [-0.25, -0.2) is 4.79 Å². The molecule has 6 rings (SSSR count). The highest BCUT2D eigenvalue weighted by Gasteiger charge is 2.85. The molecule has 2 spiro atoms. The van der Waals surface area contributed by atoms with Crippen molar-refractivity contribution in [1.82, 2.24) is 31.1 Å². The van der Waals surface area contributed by atoms with E-state index in [-0.39, 0.29) is 45.7 Å². The molecule has 2 heterocycles. The number of carbonyl (C=O) groups excluding carboxylic acids is 5. The molecular formula is C41H69N7O5. The van der Waals surface area contributed by atoms with Gasteiger partial charge in [0.1, 0.15) is 12.1 Å². The van der Waals surface area contributed by atoms with E-state index in [4.69, 9.17) is 5.73 Å². The van der Waals surface area contributed by atoms with Crippen LogP contribution in [-0.2, 0) is 19.2 Å². The van der Waals surface area contributed by atoms with Crippen molar-refractivity contribution in [2.24, 2.45) is 39.2 Å². The number of carbonyl (C=O) groups is 5. The molecule has 53 heavy (non-hydrogen) atoms. The lowest BCUT2D eigenvalue weighted by Gasteiger charge is -2.46. The molecule has 0 aromatic rings. The van der Waals surface area contributed by atoms with Crippen LogP contribution in [0.2, 0.25) is 0 Å². The number of hydrogen-bond acceptors (Lipinski definition) is 7. The number of piperazine rings is 1. The topological polar surface area (TPSA) is 166 Å². The van der Waals surface area contributed by atoms with Gasteiger partial charge in [-0.15, -0.1) is 0 Å². The summed E-state index contributed by atoms with van der Waals surface area (Å²) in [6.45, 7) is 18.8. The maximum Gasteiger partial charge on any atom is 0.315 e. The van der Waals surface area contributed by atoms with Crippen molar-refractivity contribution in [2.45, 2.75) is 162 Å². The van der Waals surface area contributed by atoms with E-state index in [1.54, 1.807) is 4.90 Å². The summed E-state index contributed by atoms with van der Waals surface area (Å²) < 4.78 is 0. The lowest BCUT2D eigenvalue weighted by atomic mass is 9.73. The monoisotopic (exact) mass is 740 g/mol. The van der Waals surface area contributed by atoms with Crippen molar-refractivity contribution in [3.05, 3.63) is 0 Å². The molecule has 5 atom stereocenters. The van der Waals surface area contributed by atoms with E-state index in [0.717, 1.165) is 90.4 Å². The number of nitrogens with zero attached hydrogens (tertiary/aromatic N) is 2. The molecule has 0 bridgehead atoms. The van der Waals surface area contributed by atoms with Gasteiger partial charge < -0.3 is 31.9 Å². The maximum atomic E-state index is 15.0. The molecule has 2 saturated heterocycles. The first kappa shape index (κ1) is 39.9. The minimum Gasteiger partial charge on any atom is -0.363 e. The number of urea groups is 1. The molecule has 0 radical (unpaired) electrons. The Balaban J connectivity index is 1.23. The van der Waals surface area contributed by atoms with E-state index in [1.807, 2.05) is 20.8 Å². The molecule has 4 aliphatic carbocycles. The Labute approximate surface area is 317 Å². The van der Waals surface area contributed by atoms with Gasteiger partial charge in [0.25, 0.3) is 5.91 Å². The number of primary amides is 1. The highest BCUT2D eigenvalue weighted by Crippen LogP contribution is 2.88. The maximum absolute atomic E-state index is 15.0. The zero-order valence-corrected chi connectivity index (χ0v) is 33.7. The predicted octanol–water partition coefficient (Wildman–Crippen LogP) is 3.86. The largest absolute Gasteiger partial charge is 0.363 e. The second-order valence-electron chi connectivity index (χ2n) is 20.0. The van der Waals surface area contributed by atoms with Gasteiger partial charge in [-0.1, -0.05) is 79.6 Å². The summed E-state index contributed by atoms with van der Waals surface area (Å²) in [5, 5.41) is 12.9. The van der Waals surface area contributed by atoms with Crippen LogP contribution >= 0.6 is 0 Å². The van der Waals surface area contributed by atoms with E-state index < -0.39 is 41.1 Å². The Hall–Kier alpha value is -2.73. The highest BCUT2D eigenvalue weighted by atomic mass is 16.2. The van der Waals surface area contributed by atoms with E-state index in [9.17, 15) is 24.0 Å². The molecular weight excluding hydrogens is 670 g/mol. The summed E-state index contributed by atoms with van der Waals surface area (Å²) in [6, 6.07) is -3.15. The normalized spacial score (nSPS) is 29.7.